The van der Waals surface area contributed by atoms with Crippen LogP contribution in [0.2, 0.25) is 0 Å². The molecular formula is C45H55ClN2O8S. The van der Waals surface area contributed by atoms with Crippen LogP contribution in [-0.2, 0) is 35.1 Å². The summed E-state index contributed by atoms with van der Waals surface area (Å²) in [6.45, 7) is 16.4. The van der Waals surface area contributed by atoms with E-state index in [0.29, 0.717) is 18.7 Å². The molecular weight excluding hydrogens is 764 g/mol. The monoisotopic (exact) mass is 818 g/mol. The average Bonchev–Trinajstić information content (AvgIpc) is 3.19. The van der Waals surface area contributed by atoms with E-state index in [1.54, 1.807) is 44.2 Å². The van der Waals surface area contributed by atoms with Gasteiger partial charge in [-0.1, -0.05) is 97.3 Å². The minimum atomic E-state index is -3.96. The van der Waals surface area contributed by atoms with Gasteiger partial charge in [-0.2, -0.15) is 0 Å². The van der Waals surface area contributed by atoms with Crippen LogP contribution in [0.1, 0.15) is 92.2 Å². The number of carbonyl (C=O) groups excluding carboxylic acids is 3. The highest BCUT2D eigenvalue weighted by Crippen LogP contribution is 2.39. The maximum atomic E-state index is 14.2. The van der Waals surface area contributed by atoms with Crippen LogP contribution in [0.4, 0.5) is 5.69 Å². The van der Waals surface area contributed by atoms with Crippen molar-refractivity contribution in [1.82, 2.24) is 5.32 Å². The molecule has 0 aliphatic carbocycles. The number of amides is 2. The Hall–Kier alpha value is -4.87. The van der Waals surface area contributed by atoms with E-state index in [0.717, 1.165) is 24.2 Å². The third kappa shape index (κ3) is 11.0. The fraction of sp³-hybridized carbons (Fsp3) is 0.400. The minimum Gasteiger partial charge on any atom is -0.508 e. The second-order valence-corrected chi connectivity index (χ2v) is 18.6. The molecule has 0 aliphatic heterocycles. The van der Waals surface area contributed by atoms with Crippen molar-refractivity contribution in [3.63, 3.8) is 0 Å². The SMILES string of the molecule is CCC(C)(C)c1ccc(OCCCC(=O)NCC(C)(C)C(=O)C(Cl)(Oc2ccc(S(=O)(=O)c3ccc(O)cc3)cc2)C(=O)Nc2ccccc2)c(C(C)(C)CC)c1. The fourth-order valence-electron chi connectivity index (χ4n) is 5.88. The van der Waals surface area contributed by atoms with Crippen LogP contribution in [0, 0.1) is 5.41 Å². The van der Waals surface area contributed by atoms with E-state index in [1.165, 1.54) is 54.1 Å². The van der Waals surface area contributed by atoms with Crippen LogP contribution < -0.4 is 20.1 Å². The van der Waals surface area contributed by atoms with Gasteiger partial charge in [0.25, 0.3) is 5.91 Å². The molecule has 3 N–H and O–H groups in total. The summed E-state index contributed by atoms with van der Waals surface area (Å²) < 4.78 is 38.5. The predicted octanol–water partition coefficient (Wildman–Crippen LogP) is 9.12. The van der Waals surface area contributed by atoms with Gasteiger partial charge >= 0.3 is 5.06 Å². The number of benzene rings is 4. The average molecular weight is 819 g/mol. The number of aromatic hydroxyl groups is 1. The maximum absolute atomic E-state index is 14.2. The molecule has 0 aliphatic rings. The Morgan fingerprint density at radius 1 is 0.772 bits per heavy atom. The normalized spacial score (nSPS) is 13.3. The van der Waals surface area contributed by atoms with Gasteiger partial charge in [0.15, 0.2) is 0 Å². The minimum absolute atomic E-state index is 0.0262. The largest absolute Gasteiger partial charge is 0.508 e. The number of carbonyl (C=O) groups is 3. The first-order valence-electron chi connectivity index (χ1n) is 19.1. The number of ether oxygens (including phenoxy) is 2. The van der Waals surface area contributed by atoms with Crippen LogP contribution in [0.15, 0.2) is 107 Å². The number of para-hydroxylation sites is 1. The first-order valence-corrected chi connectivity index (χ1v) is 21.0. The van der Waals surface area contributed by atoms with Gasteiger partial charge in [0.2, 0.25) is 21.5 Å². The van der Waals surface area contributed by atoms with E-state index in [-0.39, 0.29) is 51.0 Å². The van der Waals surface area contributed by atoms with Gasteiger partial charge in [-0.3, -0.25) is 14.4 Å². The van der Waals surface area contributed by atoms with Crippen molar-refractivity contribution in [3.05, 3.63) is 108 Å². The van der Waals surface area contributed by atoms with Crippen LogP contribution in [0.25, 0.3) is 0 Å². The number of nitrogens with one attached hydrogen (secondary N) is 2. The van der Waals surface area contributed by atoms with Gasteiger partial charge in [0.05, 0.1) is 16.4 Å². The van der Waals surface area contributed by atoms with Crippen LogP contribution in [0.5, 0.6) is 17.2 Å². The molecule has 12 heteroatoms. The molecule has 1 atom stereocenters. The highest BCUT2D eigenvalue weighted by Gasteiger charge is 2.53. The van der Waals surface area contributed by atoms with Crippen molar-refractivity contribution in [2.24, 2.45) is 5.41 Å². The Balaban J connectivity index is 1.45. The van der Waals surface area contributed by atoms with Crippen molar-refractivity contribution in [3.8, 4) is 17.2 Å². The Bertz CT molecular complexity index is 2130. The Labute approximate surface area is 342 Å². The Morgan fingerprint density at radius 3 is 1.93 bits per heavy atom. The van der Waals surface area contributed by atoms with Gasteiger partial charge in [-0.25, -0.2) is 8.42 Å². The molecule has 0 saturated carbocycles. The summed E-state index contributed by atoms with van der Waals surface area (Å²) in [5.41, 5.74) is 1.26. The second kappa shape index (κ2) is 18.2. The highest BCUT2D eigenvalue weighted by molar-refractivity contribution is 7.91. The van der Waals surface area contributed by atoms with Gasteiger partial charge in [-0.05, 0) is 102 Å². The van der Waals surface area contributed by atoms with Crippen molar-refractivity contribution in [1.29, 1.82) is 0 Å². The van der Waals surface area contributed by atoms with E-state index in [2.05, 4.69) is 64.3 Å². The molecule has 4 rings (SSSR count). The number of halogens is 1. The lowest BCUT2D eigenvalue weighted by Gasteiger charge is -2.33. The van der Waals surface area contributed by atoms with Crippen molar-refractivity contribution >= 4 is 44.7 Å². The molecule has 2 amide bonds. The number of sulfone groups is 1. The van der Waals surface area contributed by atoms with E-state index in [9.17, 15) is 27.9 Å². The van der Waals surface area contributed by atoms with Crippen LogP contribution in [0.3, 0.4) is 0 Å². The smallest absolute Gasteiger partial charge is 0.320 e. The summed E-state index contributed by atoms with van der Waals surface area (Å²) in [6, 6.07) is 24.9. The molecule has 0 fully saturated rings. The lowest BCUT2D eigenvalue weighted by Crippen LogP contribution is -2.57. The molecule has 0 bridgehead atoms. The number of rotatable bonds is 19. The molecule has 1 unspecified atom stereocenters. The van der Waals surface area contributed by atoms with Crippen LogP contribution >= 0.6 is 11.6 Å². The van der Waals surface area contributed by atoms with Gasteiger partial charge in [-0.15, -0.1) is 0 Å². The number of anilines is 1. The standard InChI is InChI=1S/C45H55ClN2O8S/c1-9-42(3,4)31-18-27-38(37(29-31)43(5,6)10-2)55-28-14-17-39(50)47-30-44(7,8)40(51)45(46,41(52)48-32-15-12-11-13-16-32)56-34-21-25-36(26-22-34)57(53,54)35-23-19-33(49)20-24-35/h11-13,15-16,18-27,29,49H,9-10,14,17,28,30H2,1-8H3,(H,47,50)(H,48,52). The lowest BCUT2D eigenvalue weighted by atomic mass is 9.76. The van der Waals surface area contributed by atoms with Gasteiger partial charge in [0, 0.05) is 29.6 Å². The first kappa shape index (κ1) is 44.8. The molecule has 306 valence electrons. The number of alkyl halides is 1. The summed E-state index contributed by atoms with van der Waals surface area (Å²) in [7, 11) is -3.96. The number of phenolic OH excluding ortho intramolecular Hbond substituents is 1. The van der Waals surface area contributed by atoms with Crippen molar-refractivity contribution in [2.45, 2.75) is 107 Å². The highest BCUT2D eigenvalue weighted by atomic mass is 35.5. The second-order valence-electron chi connectivity index (χ2n) is 16.1. The lowest BCUT2D eigenvalue weighted by molar-refractivity contribution is -0.144. The topological polar surface area (TPSA) is 148 Å². The third-order valence-corrected chi connectivity index (χ3v) is 12.8. The third-order valence-electron chi connectivity index (χ3n) is 10.6. The van der Waals surface area contributed by atoms with Crippen LogP contribution in [-0.4, -0.2) is 49.3 Å². The van der Waals surface area contributed by atoms with Gasteiger partial charge < -0.3 is 25.2 Å². The van der Waals surface area contributed by atoms with Crippen molar-refractivity contribution in [2.75, 3.05) is 18.5 Å². The zero-order chi connectivity index (χ0) is 42.2. The van der Waals surface area contributed by atoms with E-state index in [1.807, 2.05) is 6.07 Å². The quantitative estimate of drug-likeness (QED) is 0.0482. The molecule has 57 heavy (non-hydrogen) atoms. The molecule has 10 nitrogen and oxygen atoms in total. The molecule has 0 spiro atoms. The number of hydrogen-bond acceptors (Lipinski definition) is 8. The summed E-state index contributed by atoms with van der Waals surface area (Å²) in [4.78, 5) is 40.9. The molecule has 0 heterocycles. The number of Topliss-reactive ketones (excluding diaryl/α,β-unsaturated/α-hetero) is 1. The Morgan fingerprint density at radius 2 is 1.35 bits per heavy atom. The maximum Gasteiger partial charge on any atom is 0.320 e. The molecule has 4 aromatic rings. The number of ketones is 1. The molecule has 4 aromatic carbocycles. The summed E-state index contributed by atoms with van der Waals surface area (Å²) in [5, 5.41) is 12.4. The zero-order valence-corrected chi connectivity index (χ0v) is 35.6. The number of phenols is 1. The zero-order valence-electron chi connectivity index (χ0n) is 34.1. The van der Waals surface area contributed by atoms with E-state index >= 15 is 0 Å². The number of hydrogen-bond donors (Lipinski definition) is 3. The predicted molar refractivity (Wildman–Crippen MR) is 224 cm³/mol. The van der Waals surface area contributed by atoms with E-state index in [4.69, 9.17) is 21.1 Å². The van der Waals surface area contributed by atoms with Crippen molar-refractivity contribution < 1.29 is 37.4 Å². The summed E-state index contributed by atoms with van der Waals surface area (Å²) in [5.74, 6) is -1.47. The fourth-order valence-corrected chi connectivity index (χ4v) is 7.53. The van der Waals surface area contributed by atoms with Gasteiger partial charge in [0.1, 0.15) is 17.2 Å². The Kier molecular flexibility index (Phi) is 14.3. The molecule has 0 saturated heterocycles. The molecule has 0 aromatic heterocycles. The first-order chi connectivity index (χ1) is 26.7. The summed E-state index contributed by atoms with van der Waals surface area (Å²) in [6.07, 6.45) is 2.49. The summed E-state index contributed by atoms with van der Waals surface area (Å²) >= 11 is 6.87. The van der Waals surface area contributed by atoms with E-state index < -0.39 is 32.0 Å². The molecule has 0 radical (unpaired) electrons.